The summed E-state index contributed by atoms with van der Waals surface area (Å²) in [7, 11) is 2.20. The van der Waals surface area contributed by atoms with Gasteiger partial charge < -0.3 is 15.5 Å². The summed E-state index contributed by atoms with van der Waals surface area (Å²) < 4.78 is 0. The molecule has 0 radical (unpaired) electrons. The highest BCUT2D eigenvalue weighted by molar-refractivity contribution is 5.76. The molecule has 2 N–H and O–H groups in total. The minimum Gasteiger partial charge on any atom is -0.353 e. The zero-order valence-corrected chi connectivity index (χ0v) is 11.7. The van der Waals surface area contributed by atoms with Crippen molar-refractivity contribution >= 4 is 5.91 Å². The van der Waals surface area contributed by atoms with Crippen molar-refractivity contribution < 1.29 is 4.79 Å². The zero-order valence-electron chi connectivity index (χ0n) is 11.7. The molecule has 2 rings (SSSR count). The van der Waals surface area contributed by atoms with Gasteiger partial charge in [0.25, 0.3) is 0 Å². The Bertz CT molecular complexity index is 278. The molecular formula is C14H27N3O. The van der Waals surface area contributed by atoms with E-state index in [-0.39, 0.29) is 5.91 Å². The predicted octanol–water partition coefficient (Wildman–Crippen LogP) is 0.975. The van der Waals surface area contributed by atoms with Gasteiger partial charge in [0.2, 0.25) is 5.91 Å². The smallest absolute Gasteiger partial charge is 0.221 e. The van der Waals surface area contributed by atoms with E-state index in [1.807, 2.05) is 0 Å². The van der Waals surface area contributed by atoms with Crippen molar-refractivity contribution in [2.45, 2.75) is 51.1 Å². The van der Waals surface area contributed by atoms with E-state index in [0.29, 0.717) is 18.5 Å². The SMILES string of the molecule is CC(NCCC(=O)NC1CC1)C1CCCN(C)C1. The number of carbonyl (C=O) groups excluding carboxylic acids is 1. The van der Waals surface area contributed by atoms with Crippen LogP contribution in [0.15, 0.2) is 0 Å². The van der Waals surface area contributed by atoms with E-state index in [9.17, 15) is 4.79 Å². The van der Waals surface area contributed by atoms with Gasteiger partial charge in [-0.2, -0.15) is 0 Å². The van der Waals surface area contributed by atoms with E-state index < -0.39 is 0 Å². The maximum absolute atomic E-state index is 11.5. The summed E-state index contributed by atoms with van der Waals surface area (Å²) in [6.07, 6.45) is 5.57. The fourth-order valence-corrected chi connectivity index (χ4v) is 2.72. The molecule has 1 saturated heterocycles. The second kappa shape index (κ2) is 6.53. The summed E-state index contributed by atoms with van der Waals surface area (Å²) in [6.45, 7) is 5.47. The average Bonchev–Trinajstić information content (AvgIpc) is 3.12. The van der Waals surface area contributed by atoms with E-state index in [1.165, 1.54) is 38.8 Å². The Hall–Kier alpha value is -0.610. The topological polar surface area (TPSA) is 44.4 Å². The highest BCUT2D eigenvalue weighted by Gasteiger charge is 2.24. The summed E-state index contributed by atoms with van der Waals surface area (Å²) in [5.74, 6) is 0.938. The van der Waals surface area contributed by atoms with Gasteiger partial charge in [0.15, 0.2) is 0 Å². The van der Waals surface area contributed by atoms with Gasteiger partial charge in [-0.15, -0.1) is 0 Å². The van der Waals surface area contributed by atoms with Gasteiger partial charge in [-0.25, -0.2) is 0 Å². The third-order valence-corrected chi connectivity index (χ3v) is 4.13. The van der Waals surface area contributed by atoms with Crippen molar-refractivity contribution in [3.05, 3.63) is 0 Å². The van der Waals surface area contributed by atoms with E-state index in [0.717, 1.165) is 12.5 Å². The van der Waals surface area contributed by atoms with Crippen molar-refractivity contribution in [1.29, 1.82) is 0 Å². The van der Waals surface area contributed by atoms with Crippen LogP contribution in [0.25, 0.3) is 0 Å². The van der Waals surface area contributed by atoms with Crippen LogP contribution in [0.4, 0.5) is 0 Å². The van der Waals surface area contributed by atoms with Gasteiger partial charge in [0, 0.05) is 31.6 Å². The van der Waals surface area contributed by atoms with Crippen molar-refractivity contribution in [3.63, 3.8) is 0 Å². The highest BCUT2D eigenvalue weighted by atomic mass is 16.1. The first-order valence-corrected chi connectivity index (χ1v) is 7.36. The van der Waals surface area contributed by atoms with Crippen LogP contribution >= 0.6 is 0 Å². The minimum absolute atomic E-state index is 0.206. The number of amides is 1. The van der Waals surface area contributed by atoms with Crippen molar-refractivity contribution in [1.82, 2.24) is 15.5 Å². The van der Waals surface area contributed by atoms with Gasteiger partial charge >= 0.3 is 0 Å². The van der Waals surface area contributed by atoms with E-state index in [1.54, 1.807) is 0 Å². The van der Waals surface area contributed by atoms with Crippen LogP contribution in [0.2, 0.25) is 0 Å². The Morgan fingerprint density at radius 3 is 2.83 bits per heavy atom. The second-order valence-electron chi connectivity index (χ2n) is 6.00. The number of nitrogens with zero attached hydrogens (tertiary/aromatic N) is 1. The van der Waals surface area contributed by atoms with Crippen LogP contribution in [-0.2, 0) is 4.79 Å². The third kappa shape index (κ3) is 4.58. The predicted molar refractivity (Wildman–Crippen MR) is 73.5 cm³/mol. The maximum Gasteiger partial charge on any atom is 0.221 e. The molecule has 104 valence electrons. The number of carbonyl (C=O) groups is 1. The average molecular weight is 253 g/mol. The van der Waals surface area contributed by atoms with Gasteiger partial charge in [-0.05, 0) is 52.1 Å². The van der Waals surface area contributed by atoms with Crippen LogP contribution in [0, 0.1) is 5.92 Å². The van der Waals surface area contributed by atoms with Crippen molar-refractivity contribution in [3.8, 4) is 0 Å². The van der Waals surface area contributed by atoms with Crippen LogP contribution in [0.1, 0.15) is 39.0 Å². The number of hydrogen-bond donors (Lipinski definition) is 2. The molecule has 2 aliphatic rings. The summed E-state index contributed by atoms with van der Waals surface area (Å²) in [5.41, 5.74) is 0. The fraction of sp³-hybridized carbons (Fsp3) is 0.929. The van der Waals surface area contributed by atoms with Crippen LogP contribution in [-0.4, -0.2) is 49.6 Å². The lowest BCUT2D eigenvalue weighted by molar-refractivity contribution is -0.121. The van der Waals surface area contributed by atoms with E-state index in [2.05, 4.69) is 29.5 Å². The van der Waals surface area contributed by atoms with Crippen molar-refractivity contribution in [2.24, 2.45) is 5.92 Å². The van der Waals surface area contributed by atoms with Crippen LogP contribution in [0.3, 0.4) is 0 Å². The van der Waals surface area contributed by atoms with Gasteiger partial charge in [-0.1, -0.05) is 0 Å². The molecule has 1 heterocycles. The molecule has 0 bridgehead atoms. The zero-order chi connectivity index (χ0) is 13.0. The lowest BCUT2D eigenvalue weighted by Crippen LogP contribution is -2.44. The molecule has 2 unspecified atom stereocenters. The Morgan fingerprint density at radius 2 is 2.17 bits per heavy atom. The normalized spacial score (nSPS) is 26.9. The molecule has 2 atom stereocenters. The van der Waals surface area contributed by atoms with Gasteiger partial charge in [-0.3, -0.25) is 4.79 Å². The summed E-state index contributed by atoms with van der Waals surface area (Å²) in [4.78, 5) is 14.0. The standard InChI is InChI=1S/C14H27N3O/c1-11(12-4-3-9-17(2)10-12)15-8-7-14(18)16-13-5-6-13/h11-13,15H,3-10H2,1-2H3,(H,16,18). The molecule has 0 aromatic heterocycles. The molecule has 0 spiro atoms. The molecular weight excluding hydrogens is 226 g/mol. The third-order valence-electron chi connectivity index (χ3n) is 4.13. The number of rotatable bonds is 6. The molecule has 4 heteroatoms. The first-order valence-electron chi connectivity index (χ1n) is 7.36. The largest absolute Gasteiger partial charge is 0.353 e. The van der Waals surface area contributed by atoms with E-state index in [4.69, 9.17) is 0 Å². The summed E-state index contributed by atoms with van der Waals surface area (Å²) in [6, 6.07) is 1.00. The summed E-state index contributed by atoms with van der Waals surface area (Å²) in [5, 5.41) is 6.54. The van der Waals surface area contributed by atoms with Crippen LogP contribution in [0.5, 0.6) is 0 Å². The number of hydrogen-bond acceptors (Lipinski definition) is 3. The Morgan fingerprint density at radius 1 is 1.39 bits per heavy atom. The molecule has 1 amide bonds. The molecule has 18 heavy (non-hydrogen) atoms. The lowest BCUT2D eigenvalue weighted by Gasteiger charge is -2.34. The molecule has 0 aromatic carbocycles. The van der Waals surface area contributed by atoms with Crippen molar-refractivity contribution in [2.75, 3.05) is 26.7 Å². The second-order valence-corrected chi connectivity index (χ2v) is 6.00. The Kier molecular flexibility index (Phi) is 5.01. The molecule has 1 aliphatic carbocycles. The number of nitrogens with one attached hydrogen (secondary N) is 2. The van der Waals surface area contributed by atoms with Crippen LogP contribution < -0.4 is 10.6 Å². The molecule has 2 fully saturated rings. The molecule has 1 saturated carbocycles. The summed E-state index contributed by atoms with van der Waals surface area (Å²) >= 11 is 0. The number of likely N-dealkylation sites (tertiary alicyclic amines) is 1. The monoisotopic (exact) mass is 253 g/mol. The number of piperidine rings is 1. The lowest BCUT2D eigenvalue weighted by atomic mass is 9.92. The molecule has 4 nitrogen and oxygen atoms in total. The first-order chi connectivity index (χ1) is 8.65. The van der Waals surface area contributed by atoms with Gasteiger partial charge in [0.05, 0.1) is 0 Å². The molecule has 0 aromatic rings. The quantitative estimate of drug-likeness (QED) is 0.741. The minimum atomic E-state index is 0.206. The Balaban J connectivity index is 1.58. The van der Waals surface area contributed by atoms with Gasteiger partial charge in [0.1, 0.15) is 0 Å². The fourth-order valence-electron chi connectivity index (χ4n) is 2.72. The first kappa shape index (κ1) is 13.8. The maximum atomic E-state index is 11.5. The van der Waals surface area contributed by atoms with E-state index >= 15 is 0 Å². The Labute approximate surface area is 110 Å². The molecule has 1 aliphatic heterocycles. The highest BCUT2D eigenvalue weighted by Crippen LogP contribution is 2.19.